The summed E-state index contributed by atoms with van der Waals surface area (Å²) < 4.78 is 1.63. The lowest BCUT2D eigenvalue weighted by atomic mass is 9.96. The van der Waals surface area contributed by atoms with Gasteiger partial charge in [-0.1, -0.05) is 12.8 Å². The SMILES string of the molecule is CCN(CC)C(=O)C1CCCN(C(=O)Cn2nnnc2CN2CCCCCC2)C1. The molecule has 0 aromatic carbocycles. The van der Waals surface area contributed by atoms with Crippen molar-refractivity contribution in [2.75, 3.05) is 39.3 Å². The minimum Gasteiger partial charge on any atom is -0.343 e. The van der Waals surface area contributed by atoms with Crippen molar-refractivity contribution in [2.45, 2.75) is 65.5 Å². The second kappa shape index (κ2) is 10.7. The fourth-order valence-electron chi connectivity index (χ4n) is 4.38. The van der Waals surface area contributed by atoms with Crippen molar-refractivity contribution in [3.8, 4) is 0 Å². The molecule has 0 saturated carbocycles. The molecule has 2 fully saturated rings. The monoisotopic (exact) mass is 405 g/mol. The predicted molar refractivity (Wildman–Crippen MR) is 109 cm³/mol. The normalized spacial score (nSPS) is 21.0. The Morgan fingerprint density at radius 2 is 1.76 bits per heavy atom. The number of carbonyl (C=O) groups excluding carboxylic acids is 2. The van der Waals surface area contributed by atoms with Crippen molar-refractivity contribution < 1.29 is 9.59 Å². The van der Waals surface area contributed by atoms with Gasteiger partial charge in [0.25, 0.3) is 0 Å². The lowest BCUT2D eigenvalue weighted by molar-refractivity contribution is -0.141. The molecule has 1 unspecified atom stereocenters. The summed E-state index contributed by atoms with van der Waals surface area (Å²) in [4.78, 5) is 31.7. The Balaban J connectivity index is 1.57. The van der Waals surface area contributed by atoms with Crippen LogP contribution in [0.4, 0.5) is 0 Å². The van der Waals surface area contributed by atoms with E-state index in [9.17, 15) is 9.59 Å². The summed E-state index contributed by atoms with van der Waals surface area (Å²) in [6.07, 6.45) is 6.68. The number of carbonyl (C=O) groups is 2. The number of likely N-dealkylation sites (tertiary alicyclic amines) is 2. The average Bonchev–Trinajstić information content (AvgIpc) is 3.00. The molecule has 2 amide bonds. The van der Waals surface area contributed by atoms with Crippen LogP contribution in [0.5, 0.6) is 0 Å². The average molecular weight is 406 g/mol. The number of tetrazole rings is 1. The van der Waals surface area contributed by atoms with Gasteiger partial charge in [-0.3, -0.25) is 14.5 Å². The Bertz CT molecular complexity index is 666. The first-order valence-electron chi connectivity index (χ1n) is 11.2. The van der Waals surface area contributed by atoms with Crippen LogP contribution in [0, 0.1) is 5.92 Å². The summed E-state index contributed by atoms with van der Waals surface area (Å²) in [6, 6.07) is 0. The molecule has 9 nitrogen and oxygen atoms in total. The van der Waals surface area contributed by atoms with Crippen LogP contribution in [0.15, 0.2) is 0 Å². The highest BCUT2D eigenvalue weighted by Crippen LogP contribution is 2.19. The highest BCUT2D eigenvalue weighted by Gasteiger charge is 2.31. The number of rotatable bonds is 7. The molecular weight excluding hydrogens is 370 g/mol. The van der Waals surface area contributed by atoms with Crippen LogP contribution >= 0.6 is 0 Å². The Morgan fingerprint density at radius 1 is 1.03 bits per heavy atom. The van der Waals surface area contributed by atoms with Crippen LogP contribution in [0.1, 0.15) is 58.2 Å². The molecule has 1 aromatic rings. The van der Waals surface area contributed by atoms with Gasteiger partial charge in [0.1, 0.15) is 6.54 Å². The fraction of sp³-hybridized carbons (Fsp3) is 0.850. The molecule has 162 valence electrons. The summed E-state index contributed by atoms with van der Waals surface area (Å²) in [5, 5.41) is 12.0. The van der Waals surface area contributed by atoms with Crippen LogP contribution in [0.3, 0.4) is 0 Å². The van der Waals surface area contributed by atoms with E-state index in [2.05, 4.69) is 20.4 Å². The maximum atomic E-state index is 12.9. The zero-order valence-corrected chi connectivity index (χ0v) is 17.9. The highest BCUT2D eigenvalue weighted by atomic mass is 16.2. The summed E-state index contributed by atoms with van der Waals surface area (Å²) >= 11 is 0. The van der Waals surface area contributed by atoms with E-state index >= 15 is 0 Å². The zero-order chi connectivity index (χ0) is 20.6. The van der Waals surface area contributed by atoms with Gasteiger partial charge in [-0.2, -0.15) is 0 Å². The van der Waals surface area contributed by atoms with Gasteiger partial charge < -0.3 is 9.80 Å². The van der Waals surface area contributed by atoms with Crippen molar-refractivity contribution in [1.82, 2.24) is 34.9 Å². The number of amides is 2. The topological polar surface area (TPSA) is 87.5 Å². The molecule has 29 heavy (non-hydrogen) atoms. The predicted octanol–water partition coefficient (Wildman–Crippen LogP) is 1.16. The maximum Gasteiger partial charge on any atom is 0.244 e. The smallest absolute Gasteiger partial charge is 0.244 e. The third-order valence-corrected chi connectivity index (χ3v) is 6.15. The van der Waals surface area contributed by atoms with Gasteiger partial charge in [0, 0.05) is 26.2 Å². The lowest BCUT2D eigenvalue weighted by Gasteiger charge is -2.34. The molecule has 3 heterocycles. The van der Waals surface area contributed by atoms with Gasteiger partial charge in [-0.05, 0) is 63.0 Å². The first kappa shape index (κ1) is 21.7. The Labute approximate surface area is 173 Å². The summed E-state index contributed by atoms with van der Waals surface area (Å²) in [6.45, 7) is 9.56. The minimum absolute atomic E-state index is 0.00790. The van der Waals surface area contributed by atoms with Crippen LogP contribution in [0.2, 0.25) is 0 Å². The fourth-order valence-corrected chi connectivity index (χ4v) is 4.38. The third kappa shape index (κ3) is 5.74. The largest absolute Gasteiger partial charge is 0.343 e. The number of piperidine rings is 1. The standard InChI is InChI=1S/C20H35N7O2/c1-3-25(4-2)20(29)17-10-9-13-26(14-17)19(28)16-27-18(21-22-23-27)15-24-11-7-5-6-8-12-24/h17H,3-16H2,1-2H3. The third-order valence-electron chi connectivity index (χ3n) is 6.15. The van der Waals surface area contributed by atoms with E-state index in [1.165, 1.54) is 25.7 Å². The second-order valence-electron chi connectivity index (χ2n) is 8.13. The molecule has 0 radical (unpaired) electrons. The van der Waals surface area contributed by atoms with Crippen molar-refractivity contribution in [1.29, 1.82) is 0 Å². The zero-order valence-electron chi connectivity index (χ0n) is 17.9. The second-order valence-corrected chi connectivity index (χ2v) is 8.13. The van der Waals surface area contributed by atoms with Crippen molar-refractivity contribution >= 4 is 11.8 Å². The summed E-state index contributed by atoms with van der Waals surface area (Å²) in [7, 11) is 0. The molecule has 3 rings (SSSR count). The van der Waals surface area contributed by atoms with E-state index in [4.69, 9.17) is 0 Å². The molecule has 1 atom stereocenters. The van der Waals surface area contributed by atoms with E-state index in [0.29, 0.717) is 32.7 Å². The first-order chi connectivity index (χ1) is 14.1. The van der Waals surface area contributed by atoms with Crippen LogP contribution in [-0.4, -0.2) is 86.0 Å². The number of nitrogens with zero attached hydrogens (tertiary/aromatic N) is 7. The molecule has 2 saturated heterocycles. The molecule has 2 aliphatic heterocycles. The molecule has 9 heteroatoms. The van der Waals surface area contributed by atoms with Crippen molar-refractivity contribution in [3.63, 3.8) is 0 Å². The minimum atomic E-state index is -0.0990. The van der Waals surface area contributed by atoms with Gasteiger partial charge in [0.15, 0.2) is 5.82 Å². The van der Waals surface area contributed by atoms with Crippen molar-refractivity contribution in [2.24, 2.45) is 5.92 Å². The van der Waals surface area contributed by atoms with E-state index < -0.39 is 0 Å². The Kier molecular flexibility index (Phi) is 7.97. The molecule has 1 aromatic heterocycles. The van der Waals surface area contributed by atoms with Crippen molar-refractivity contribution in [3.05, 3.63) is 5.82 Å². The number of aromatic nitrogens is 4. The first-order valence-corrected chi connectivity index (χ1v) is 11.2. The summed E-state index contributed by atoms with van der Waals surface area (Å²) in [5.74, 6) is 0.800. The molecule has 0 spiro atoms. The Morgan fingerprint density at radius 3 is 2.45 bits per heavy atom. The summed E-state index contributed by atoms with van der Waals surface area (Å²) in [5.41, 5.74) is 0. The number of hydrogen-bond acceptors (Lipinski definition) is 6. The quantitative estimate of drug-likeness (QED) is 0.676. The molecule has 2 aliphatic rings. The van der Waals surface area contributed by atoms with Crippen LogP contribution in [0.25, 0.3) is 0 Å². The van der Waals surface area contributed by atoms with E-state index in [1.807, 2.05) is 23.6 Å². The van der Waals surface area contributed by atoms with Gasteiger partial charge in [0.2, 0.25) is 11.8 Å². The molecular formula is C20H35N7O2. The van der Waals surface area contributed by atoms with E-state index in [-0.39, 0.29) is 24.3 Å². The van der Waals surface area contributed by atoms with Crippen LogP contribution in [-0.2, 0) is 22.7 Å². The van der Waals surface area contributed by atoms with Gasteiger partial charge in [-0.15, -0.1) is 5.10 Å². The highest BCUT2D eigenvalue weighted by molar-refractivity contribution is 5.81. The van der Waals surface area contributed by atoms with Gasteiger partial charge in [-0.25, -0.2) is 4.68 Å². The van der Waals surface area contributed by atoms with Crippen LogP contribution < -0.4 is 0 Å². The molecule has 0 N–H and O–H groups in total. The molecule has 0 aliphatic carbocycles. The van der Waals surface area contributed by atoms with Gasteiger partial charge >= 0.3 is 0 Å². The maximum absolute atomic E-state index is 12.9. The van der Waals surface area contributed by atoms with E-state index in [0.717, 1.165) is 31.8 Å². The lowest BCUT2D eigenvalue weighted by Crippen LogP contribution is -2.47. The number of hydrogen-bond donors (Lipinski definition) is 0. The Hall–Kier alpha value is -2.03. The molecule has 0 bridgehead atoms. The van der Waals surface area contributed by atoms with E-state index in [1.54, 1.807) is 4.68 Å². The van der Waals surface area contributed by atoms with Gasteiger partial charge in [0.05, 0.1) is 12.5 Å².